The summed E-state index contributed by atoms with van der Waals surface area (Å²) >= 11 is 0. The predicted octanol–water partition coefficient (Wildman–Crippen LogP) is 4.64. The van der Waals surface area contributed by atoms with E-state index in [9.17, 15) is 15.0 Å². The van der Waals surface area contributed by atoms with Gasteiger partial charge in [-0.15, -0.1) is 0 Å². The van der Waals surface area contributed by atoms with Gasteiger partial charge in [-0.2, -0.15) is 0 Å². The number of rotatable bonds is 4. The average molecular weight is 405 g/mol. The fraction of sp³-hybridized carbons (Fsp3) is 0.880. The smallest absolute Gasteiger partial charge is 0.303 e. The van der Waals surface area contributed by atoms with Gasteiger partial charge >= 0.3 is 5.97 Å². The lowest BCUT2D eigenvalue weighted by Crippen LogP contribution is -2.59. The molecule has 29 heavy (non-hydrogen) atoms. The normalized spacial score (nSPS) is 50.4. The predicted molar refractivity (Wildman–Crippen MR) is 113 cm³/mol. The minimum atomic E-state index is -0.722. The summed E-state index contributed by atoms with van der Waals surface area (Å²) in [6, 6.07) is 0. The number of carbonyl (C=O) groups is 1. The molecule has 0 radical (unpaired) electrons. The van der Waals surface area contributed by atoms with Crippen molar-refractivity contribution in [2.45, 2.75) is 90.8 Å². The third kappa shape index (κ3) is 3.20. The van der Waals surface area contributed by atoms with Crippen LogP contribution in [0, 0.1) is 46.3 Å². The fourth-order valence-electron chi connectivity index (χ4n) is 8.59. The average Bonchev–Trinajstić information content (AvgIpc) is 3.01. The molecule has 0 bridgehead atoms. The maximum absolute atomic E-state index is 11.5. The molecule has 4 aliphatic carbocycles. The summed E-state index contributed by atoms with van der Waals surface area (Å²) < 4.78 is 0. The summed E-state index contributed by atoms with van der Waals surface area (Å²) in [4.78, 5) is 11.1. The largest absolute Gasteiger partial charge is 0.481 e. The van der Waals surface area contributed by atoms with E-state index in [1.807, 2.05) is 0 Å². The molecule has 4 nitrogen and oxygen atoms in total. The second-order valence-electron chi connectivity index (χ2n) is 11.4. The number of allylic oxidation sites excluding steroid dienone is 1. The first-order valence-electron chi connectivity index (χ1n) is 11.8. The quantitative estimate of drug-likeness (QED) is 0.596. The number of hydrogen-bond acceptors (Lipinski definition) is 3. The fourth-order valence-corrected chi connectivity index (χ4v) is 8.59. The molecule has 4 aliphatic rings. The molecule has 4 rings (SSSR count). The van der Waals surface area contributed by atoms with Crippen molar-refractivity contribution >= 4 is 5.97 Å². The Kier molecular flexibility index (Phi) is 5.43. The Morgan fingerprint density at radius 3 is 2.59 bits per heavy atom. The summed E-state index contributed by atoms with van der Waals surface area (Å²) in [6.07, 6.45) is 7.30. The van der Waals surface area contributed by atoms with Gasteiger partial charge in [0.25, 0.3) is 0 Å². The number of aliphatic hydroxyl groups is 2. The van der Waals surface area contributed by atoms with Crippen LogP contribution in [0.4, 0.5) is 0 Å². The van der Waals surface area contributed by atoms with Crippen LogP contribution in [0.1, 0.15) is 78.6 Å². The summed E-state index contributed by atoms with van der Waals surface area (Å²) in [5.41, 5.74) is 1.41. The van der Waals surface area contributed by atoms with Crippen LogP contribution in [0.3, 0.4) is 0 Å². The van der Waals surface area contributed by atoms with Gasteiger partial charge in [-0.1, -0.05) is 32.9 Å². The lowest BCUT2D eigenvalue weighted by molar-refractivity contribution is -0.159. The monoisotopic (exact) mass is 404 g/mol. The molecule has 0 aromatic carbocycles. The van der Waals surface area contributed by atoms with Crippen LogP contribution in [-0.4, -0.2) is 33.5 Å². The highest BCUT2D eigenvalue weighted by Gasteiger charge is 2.64. The van der Waals surface area contributed by atoms with Gasteiger partial charge < -0.3 is 15.3 Å². The van der Waals surface area contributed by atoms with Crippen molar-refractivity contribution in [1.82, 2.24) is 0 Å². The van der Waals surface area contributed by atoms with Crippen molar-refractivity contribution in [3.8, 4) is 0 Å². The maximum atomic E-state index is 11.5. The molecule has 4 heteroatoms. The SMILES string of the molecule is C=C1C[C@@H]2C[C@H](O)CC[C@]2(C)[C@H]2C[C@H](O)[C@]3(C)[C@@H]([C@H](C)CCC(=O)O)CC[C@H]3[C@H]12. The lowest BCUT2D eigenvalue weighted by atomic mass is 9.43. The molecule has 0 unspecified atom stereocenters. The third-order valence-corrected chi connectivity index (χ3v) is 10.3. The van der Waals surface area contributed by atoms with Crippen LogP contribution in [0.25, 0.3) is 0 Å². The van der Waals surface area contributed by atoms with Gasteiger partial charge in [0.05, 0.1) is 12.2 Å². The molecule has 0 heterocycles. The lowest BCUT2D eigenvalue weighted by Gasteiger charge is -2.63. The Morgan fingerprint density at radius 2 is 1.90 bits per heavy atom. The van der Waals surface area contributed by atoms with Crippen molar-refractivity contribution in [2.24, 2.45) is 46.3 Å². The topological polar surface area (TPSA) is 77.8 Å². The second-order valence-corrected chi connectivity index (χ2v) is 11.4. The molecular weight excluding hydrogens is 364 g/mol. The number of hydrogen-bond donors (Lipinski definition) is 3. The first-order valence-corrected chi connectivity index (χ1v) is 11.8. The first-order chi connectivity index (χ1) is 13.6. The summed E-state index contributed by atoms with van der Waals surface area (Å²) in [6.45, 7) is 11.5. The highest BCUT2D eigenvalue weighted by atomic mass is 16.4. The minimum Gasteiger partial charge on any atom is -0.481 e. The Hall–Kier alpha value is -0.870. The van der Waals surface area contributed by atoms with Crippen molar-refractivity contribution in [3.05, 3.63) is 12.2 Å². The van der Waals surface area contributed by atoms with Crippen LogP contribution in [0.2, 0.25) is 0 Å². The van der Waals surface area contributed by atoms with Gasteiger partial charge in [-0.3, -0.25) is 4.79 Å². The van der Waals surface area contributed by atoms with Crippen LogP contribution < -0.4 is 0 Å². The van der Waals surface area contributed by atoms with Crippen molar-refractivity contribution in [2.75, 3.05) is 0 Å². The van der Waals surface area contributed by atoms with Gasteiger partial charge in [0.1, 0.15) is 0 Å². The Labute approximate surface area is 175 Å². The molecule has 4 saturated carbocycles. The number of aliphatic hydroxyl groups excluding tert-OH is 2. The van der Waals surface area contributed by atoms with E-state index in [0.29, 0.717) is 41.9 Å². The van der Waals surface area contributed by atoms with Crippen molar-refractivity contribution in [3.63, 3.8) is 0 Å². The highest BCUT2D eigenvalue weighted by molar-refractivity contribution is 5.66. The maximum Gasteiger partial charge on any atom is 0.303 e. The van der Waals surface area contributed by atoms with E-state index >= 15 is 0 Å². The van der Waals surface area contributed by atoms with Gasteiger partial charge in [0.2, 0.25) is 0 Å². The first kappa shape index (κ1) is 21.4. The molecule has 3 N–H and O–H groups in total. The molecule has 0 saturated heterocycles. The van der Waals surface area contributed by atoms with E-state index in [0.717, 1.165) is 44.9 Å². The van der Waals surface area contributed by atoms with Gasteiger partial charge in [0, 0.05) is 6.42 Å². The molecule has 0 aromatic rings. The van der Waals surface area contributed by atoms with E-state index in [-0.39, 0.29) is 29.5 Å². The van der Waals surface area contributed by atoms with Gasteiger partial charge in [0.15, 0.2) is 0 Å². The van der Waals surface area contributed by atoms with Crippen molar-refractivity contribution in [1.29, 1.82) is 0 Å². The number of carboxylic acid groups (broad SMARTS) is 1. The second kappa shape index (κ2) is 7.37. The van der Waals surface area contributed by atoms with E-state index in [2.05, 4.69) is 27.4 Å². The molecule has 0 aliphatic heterocycles. The molecular formula is C25H40O4. The number of aliphatic carboxylic acids is 1. The summed E-state index contributed by atoms with van der Waals surface area (Å²) in [7, 11) is 0. The zero-order valence-electron chi connectivity index (χ0n) is 18.4. The molecule has 0 aromatic heterocycles. The Bertz CT molecular complexity index is 674. The van der Waals surface area contributed by atoms with Crippen LogP contribution in [0.5, 0.6) is 0 Å². The van der Waals surface area contributed by atoms with E-state index in [1.165, 1.54) is 5.57 Å². The number of fused-ring (bicyclic) bond motifs is 5. The van der Waals surface area contributed by atoms with Crippen molar-refractivity contribution < 1.29 is 20.1 Å². The third-order valence-electron chi connectivity index (χ3n) is 10.3. The standard InChI is InChI=1S/C25H40O4/c1-14(5-8-22(28)29)18-6-7-19-23-15(2)11-16-12-17(26)9-10-24(16,3)20(23)13-21(27)25(18,19)4/h14,16-21,23,26-27H,2,5-13H2,1,3-4H3,(H,28,29)/t14-,16-,17-,18-,19+,20+,21+,23+,24+,25-/m1/s1. The van der Waals surface area contributed by atoms with E-state index in [1.54, 1.807) is 0 Å². The van der Waals surface area contributed by atoms with Gasteiger partial charge in [-0.05, 0) is 97.7 Å². The molecule has 4 fully saturated rings. The Balaban J connectivity index is 1.62. The molecule has 0 amide bonds. The van der Waals surface area contributed by atoms with Crippen LogP contribution >= 0.6 is 0 Å². The van der Waals surface area contributed by atoms with Crippen LogP contribution in [0.15, 0.2) is 12.2 Å². The Morgan fingerprint density at radius 1 is 1.17 bits per heavy atom. The van der Waals surface area contributed by atoms with Crippen LogP contribution in [-0.2, 0) is 4.79 Å². The summed E-state index contributed by atoms with van der Waals surface area (Å²) in [5.74, 6) is 1.85. The number of carboxylic acids is 1. The molecule has 0 spiro atoms. The minimum absolute atomic E-state index is 0.139. The zero-order chi connectivity index (χ0) is 21.1. The van der Waals surface area contributed by atoms with E-state index < -0.39 is 5.97 Å². The molecule has 164 valence electrons. The molecule has 10 atom stereocenters. The summed E-state index contributed by atoms with van der Waals surface area (Å²) in [5, 5.41) is 30.9. The van der Waals surface area contributed by atoms with E-state index in [4.69, 9.17) is 5.11 Å². The highest BCUT2D eigenvalue weighted by Crippen LogP contribution is 2.69. The zero-order valence-corrected chi connectivity index (χ0v) is 18.4. The van der Waals surface area contributed by atoms with Gasteiger partial charge in [-0.25, -0.2) is 0 Å².